The molecule has 0 saturated carbocycles. The molecule has 116 valence electrons. The van der Waals surface area contributed by atoms with Gasteiger partial charge in [-0.15, -0.1) is 0 Å². The zero-order valence-corrected chi connectivity index (χ0v) is 12.8. The van der Waals surface area contributed by atoms with Crippen LogP contribution in [-0.4, -0.2) is 29.1 Å². The topological polar surface area (TPSA) is 75.6 Å². The number of carboxylic acids is 1. The summed E-state index contributed by atoms with van der Waals surface area (Å²) >= 11 is 0. The molecule has 1 atom stereocenters. The van der Waals surface area contributed by atoms with Gasteiger partial charge in [0, 0.05) is 5.56 Å². The second kappa shape index (κ2) is 8.42. The number of rotatable bonds is 8. The first-order chi connectivity index (χ1) is 9.93. The molecule has 1 rings (SSSR count). The molecule has 0 fully saturated rings. The summed E-state index contributed by atoms with van der Waals surface area (Å²) in [5, 5.41) is 11.6. The van der Waals surface area contributed by atoms with Crippen LogP contribution in [0.4, 0.5) is 0 Å². The first kappa shape index (κ1) is 17.2. The number of amides is 1. The van der Waals surface area contributed by atoms with Crippen LogP contribution in [0.3, 0.4) is 0 Å². The van der Waals surface area contributed by atoms with Crippen LogP contribution in [0.1, 0.15) is 49.5 Å². The maximum absolute atomic E-state index is 12.0. The summed E-state index contributed by atoms with van der Waals surface area (Å²) in [7, 11) is 0. The molecule has 5 heteroatoms. The Hall–Kier alpha value is -1.88. The van der Waals surface area contributed by atoms with E-state index in [0.29, 0.717) is 25.0 Å². The van der Waals surface area contributed by atoms with Crippen molar-refractivity contribution in [2.75, 3.05) is 0 Å². The Morgan fingerprint density at radius 2 is 1.86 bits per heavy atom. The summed E-state index contributed by atoms with van der Waals surface area (Å²) in [6.07, 6.45) is 1.27. The minimum absolute atomic E-state index is 0.151. The molecule has 1 aromatic rings. The van der Waals surface area contributed by atoms with Gasteiger partial charge in [0.15, 0.2) is 0 Å². The van der Waals surface area contributed by atoms with E-state index in [2.05, 4.69) is 5.32 Å². The van der Waals surface area contributed by atoms with Gasteiger partial charge in [-0.05, 0) is 38.0 Å². The van der Waals surface area contributed by atoms with Crippen molar-refractivity contribution in [3.8, 4) is 0 Å². The van der Waals surface area contributed by atoms with E-state index in [4.69, 9.17) is 9.84 Å². The summed E-state index contributed by atoms with van der Waals surface area (Å²) < 4.78 is 5.48. The van der Waals surface area contributed by atoms with Crippen LogP contribution < -0.4 is 5.32 Å². The van der Waals surface area contributed by atoms with Crippen molar-refractivity contribution >= 4 is 11.9 Å². The van der Waals surface area contributed by atoms with Gasteiger partial charge in [-0.25, -0.2) is 4.79 Å². The van der Waals surface area contributed by atoms with E-state index < -0.39 is 12.0 Å². The number of ether oxygens (including phenoxy) is 1. The smallest absolute Gasteiger partial charge is 0.326 e. The van der Waals surface area contributed by atoms with Gasteiger partial charge in [0.25, 0.3) is 5.91 Å². The lowest BCUT2D eigenvalue weighted by Gasteiger charge is -2.14. The number of nitrogens with one attached hydrogen (secondary N) is 1. The molecule has 0 radical (unpaired) electrons. The molecule has 0 unspecified atom stereocenters. The van der Waals surface area contributed by atoms with Crippen LogP contribution in [0.15, 0.2) is 24.3 Å². The molecule has 1 aromatic carbocycles. The van der Waals surface area contributed by atoms with Gasteiger partial charge in [0.05, 0.1) is 12.7 Å². The number of carbonyl (C=O) groups excluding carboxylic acids is 1. The lowest BCUT2D eigenvalue weighted by atomic mass is 10.1. The van der Waals surface area contributed by atoms with Crippen LogP contribution in [0.25, 0.3) is 0 Å². The predicted octanol–water partition coefficient (Wildman–Crippen LogP) is 2.59. The number of aliphatic carboxylic acids is 1. The first-order valence-corrected chi connectivity index (χ1v) is 7.18. The zero-order chi connectivity index (χ0) is 15.8. The Kier molecular flexibility index (Phi) is 6.88. The highest BCUT2D eigenvalue weighted by Crippen LogP contribution is 2.08. The highest BCUT2D eigenvalue weighted by molar-refractivity contribution is 5.96. The van der Waals surface area contributed by atoms with Crippen molar-refractivity contribution in [2.45, 2.75) is 52.4 Å². The molecule has 1 amide bonds. The van der Waals surface area contributed by atoms with Crippen molar-refractivity contribution in [3.05, 3.63) is 35.4 Å². The number of carbonyl (C=O) groups is 2. The Labute approximate surface area is 125 Å². The molecule has 5 nitrogen and oxygen atoms in total. The second-order valence-corrected chi connectivity index (χ2v) is 5.21. The number of carboxylic acid groups (broad SMARTS) is 1. The molecule has 0 saturated heterocycles. The van der Waals surface area contributed by atoms with Crippen molar-refractivity contribution in [1.29, 1.82) is 0 Å². The van der Waals surface area contributed by atoms with E-state index in [1.54, 1.807) is 12.1 Å². The van der Waals surface area contributed by atoms with E-state index >= 15 is 0 Å². The minimum Gasteiger partial charge on any atom is -0.480 e. The lowest BCUT2D eigenvalue weighted by molar-refractivity contribution is -0.139. The lowest BCUT2D eigenvalue weighted by Crippen LogP contribution is -2.40. The van der Waals surface area contributed by atoms with Crippen molar-refractivity contribution in [1.82, 2.24) is 5.32 Å². The largest absolute Gasteiger partial charge is 0.480 e. The minimum atomic E-state index is -1.01. The number of hydrogen-bond donors (Lipinski definition) is 2. The highest BCUT2D eigenvalue weighted by Gasteiger charge is 2.19. The molecule has 2 N–H and O–H groups in total. The number of benzene rings is 1. The van der Waals surface area contributed by atoms with E-state index in [9.17, 15) is 9.59 Å². The van der Waals surface area contributed by atoms with Crippen molar-refractivity contribution in [3.63, 3.8) is 0 Å². The van der Waals surface area contributed by atoms with Crippen LogP contribution in [-0.2, 0) is 16.1 Å². The monoisotopic (exact) mass is 293 g/mol. The third-order valence-corrected chi connectivity index (χ3v) is 2.98. The average molecular weight is 293 g/mol. The van der Waals surface area contributed by atoms with Gasteiger partial charge in [0.2, 0.25) is 0 Å². The maximum Gasteiger partial charge on any atom is 0.326 e. The van der Waals surface area contributed by atoms with Gasteiger partial charge in [-0.2, -0.15) is 0 Å². The second-order valence-electron chi connectivity index (χ2n) is 5.21. The van der Waals surface area contributed by atoms with E-state index in [0.717, 1.165) is 5.56 Å². The normalized spacial score (nSPS) is 12.2. The maximum atomic E-state index is 12.0. The fourth-order valence-electron chi connectivity index (χ4n) is 1.80. The summed E-state index contributed by atoms with van der Waals surface area (Å²) in [5.74, 6) is -1.38. The van der Waals surface area contributed by atoms with Crippen LogP contribution in [0.2, 0.25) is 0 Å². The standard InChI is InChI=1S/C16H23NO4/c1-4-5-14(16(19)20)17-15(18)13-8-6-12(7-9-13)10-21-11(2)3/h6-9,11,14H,4-5,10H2,1-3H3,(H,17,18)(H,19,20)/t14-/m0/s1. The molecule has 0 aliphatic heterocycles. The molecule has 0 spiro atoms. The van der Waals surface area contributed by atoms with Gasteiger partial charge in [-0.1, -0.05) is 25.5 Å². The molecule has 0 aliphatic carbocycles. The Morgan fingerprint density at radius 3 is 2.33 bits per heavy atom. The molecule has 0 heterocycles. The summed E-state index contributed by atoms with van der Waals surface area (Å²) in [6, 6.07) is 6.14. The van der Waals surface area contributed by atoms with E-state index in [-0.39, 0.29) is 12.0 Å². The Morgan fingerprint density at radius 1 is 1.24 bits per heavy atom. The Bertz CT molecular complexity index is 468. The van der Waals surface area contributed by atoms with Gasteiger partial charge in [0.1, 0.15) is 6.04 Å². The summed E-state index contributed by atoms with van der Waals surface area (Å²) in [4.78, 5) is 23.0. The molecular weight excluding hydrogens is 270 g/mol. The van der Waals surface area contributed by atoms with E-state index in [1.807, 2.05) is 32.9 Å². The van der Waals surface area contributed by atoms with Gasteiger partial charge < -0.3 is 15.2 Å². The van der Waals surface area contributed by atoms with Crippen LogP contribution in [0.5, 0.6) is 0 Å². The van der Waals surface area contributed by atoms with Gasteiger partial charge >= 0.3 is 5.97 Å². The SMILES string of the molecule is CCC[C@H](NC(=O)c1ccc(COC(C)C)cc1)C(=O)O. The average Bonchev–Trinajstić information content (AvgIpc) is 2.45. The predicted molar refractivity (Wildman–Crippen MR) is 80.2 cm³/mol. The fourth-order valence-corrected chi connectivity index (χ4v) is 1.80. The Balaban J connectivity index is 2.63. The zero-order valence-electron chi connectivity index (χ0n) is 12.8. The number of hydrogen-bond acceptors (Lipinski definition) is 3. The van der Waals surface area contributed by atoms with Crippen LogP contribution in [0, 0.1) is 0 Å². The van der Waals surface area contributed by atoms with E-state index in [1.165, 1.54) is 0 Å². The molecular formula is C16H23NO4. The molecule has 0 aromatic heterocycles. The van der Waals surface area contributed by atoms with Crippen molar-refractivity contribution < 1.29 is 19.4 Å². The third-order valence-electron chi connectivity index (χ3n) is 2.98. The third kappa shape index (κ3) is 5.95. The summed E-state index contributed by atoms with van der Waals surface area (Å²) in [5.41, 5.74) is 1.43. The molecule has 0 aliphatic rings. The van der Waals surface area contributed by atoms with Crippen molar-refractivity contribution in [2.24, 2.45) is 0 Å². The first-order valence-electron chi connectivity index (χ1n) is 7.18. The molecule has 0 bridgehead atoms. The quantitative estimate of drug-likeness (QED) is 0.772. The highest BCUT2D eigenvalue weighted by atomic mass is 16.5. The summed E-state index contributed by atoms with van der Waals surface area (Å²) in [6.45, 7) is 6.29. The molecule has 21 heavy (non-hydrogen) atoms. The van der Waals surface area contributed by atoms with Crippen LogP contribution >= 0.6 is 0 Å². The van der Waals surface area contributed by atoms with Gasteiger partial charge in [-0.3, -0.25) is 4.79 Å². The fraction of sp³-hybridized carbons (Fsp3) is 0.500.